The van der Waals surface area contributed by atoms with Crippen molar-refractivity contribution in [1.29, 1.82) is 0 Å². The third-order valence-corrected chi connectivity index (χ3v) is 4.10. The predicted molar refractivity (Wildman–Crippen MR) is 97.0 cm³/mol. The minimum Gasteiger partial charge on any atom is -0.356 e. The van der Waals surface area contributed by atoms with E-state index in [4.69, 9.17) is 0 Å². The summed E-state index contributed by atoms with van der Waals surface area (Å²) in [5, 5.41) is 17.4. The molecule has 1 aromatic carbocycles. The van der Waals surface area contributed by atoms with Crippen LogP contribution in [0.2, 0.25) is 0 Å². The fourth-order valence-electron chi connectivity index (χ4n) is 2.76. The number of rotatable bonds is 7. The first-order chi connectivity index (χ1) is 11.8. The van der Waals surface area contributed by atoms with Gasteiger partial charge in [-0.25, -0.2) is 4.68 Å². The number of hydrogen-bond acceptors (Lipinski definition) is 6. The Balaban J connectivity index is 0.00000225. The average Bonchev–Trinajstić information content (AvgIpc) is 3.15. The van der Waals surface area contributed by atoms with Gasteiger partial charge in [-0.15, -0.1) is 17.5 Å². The van der Waals surface area contributed by atoms with Gasteiger partial charge in [0.2, 0.25) is 5.91 Å². The van der Waals surface area contributed by atoms with Crippen LogP contribution in [0.4, 0.5) is 0 Å². The van der Waals surface area contributed by atoms with E-state index in [1.165, 1.54) is 0 Å². The van der Waals surface area contributed by atoms with E-state index in [1.54, 1.807) is 11.0 Å². The van der Waals surface area contributed by atoms with Crippen LogP contribution in [0.3, 0.4) is 0 Å². The molecule has 0 spiro atoms. The van der Waals surface area contributed by atoms with Crippen LogP contribution in [-0.4, -0.2) is 70.3 Å². The van der Waals surface area contributed by atoms with Gasteiger partial charge in [-0.1, -0.05) is 12.1 Å². The van der Waals surface area contributed by atoms with Crippen LogP contribution in [0.25, 0.3) is 5.69 Å². The summed E-state index contributed by atoms with van der Waals surface area (Å²) >= 11 is 0. The Labute approximate surface area is 153 Å². The number of nitrogens with zero attached hydrogens (tertiary/aromatic N) is 5. The first kappa shape index (κ1) is 19.3. The van der Waals surface area contributed by atoms with E-state index in [9.17, 15) is 4.79 Å². The number of hydrogen-bond donors (Lipinski definition) is 2. The Bertz CT molecular complexity index is 626. The highest BCUT2D eigenvalue weighted by Gasteiger charge is 2.09. The van der Waals surface area contributed by atoms with E-state index in [-0.39, 0.29) is 18.3 Å². The topological polar surface area (TPSA) is 88.0 Å². The minimum absolute atomic E-state index is 0. The number of halogens is 1. The maximum Gasteiger partial charge on any atom is 0.224 e. The summed E-state index contributed by atoms with van der Waals surface area (Å²) in [4.78, 5) is 14.4. The zero-order chi connectivity index (χ0) is 16.6. The van der Waals surface area contributed by atoms with Crippen LogP contribution in [0, 0.1) is 0 Å². The number of benzene rings is 1. The summed E-state index contributed by atoms with van der Waals surface area (Å²) < 4.78 is 1.58. The van der Waals surface area contributed by atoms with Crippen LogP contribution in [0.15, 0.2) is 30.6 Å². The van der Waals surface area contributed by atoms with Crippen molar-refractivity contribution in [3.63, 3.8) is 0 Å². The quantitative estimate of drug-likeness (QED) is 0.673. The number of carbonyl (C=O) groups excluding carboxylic acids is 1. The van der Waals surface area contributed by atoms with Crippen molar-refractivity contribution in [3.05, 3.63) is 36.2 Å². The van der Waals surface area contributed by atoms with Crippen LogP contribution in [0.1, 0.15) is 12.0 Å². The molecule has 1 saturated heterocycles. The molecule has 2 aromatic rings. The van der Waals surface area contributed by atoms with Gasteiger partial charge in [0, 0.05) is 32.7 Å². The molecule has 0 bridgehead atoms. The summed E-state index contributed by atoms with van der Waals surface area (Å²) in [6.45, 7) is 6.09. The SMILES string of the molecule is Cl.O=C(Cc1ccc(-n2cnnn2)cc1)NCCCN1CCNCC1. The van der Waals surface area contributed by atoms with E-state index >= 15 is 0 Å². The van der Waals surface area contributed by atoms with Crippen molar-refractivity contribution in [2.75, 3.05) is 39.3 Å². The summed E-state index contributed by atoms with van der Waals surface area (Å²) in [6.07, 6.45) is 2.92. The van der Waals surface area contributed by atoms with Crippen molar-refractivity contribution in [2.24, 2.45) is 0 Å². The van der Waals surface area contributed by atoms with Crippen molar-refractivity contribution in [1.82, 2.24) is 35.7 Å². The molecular weight excluding hydrogens is 342 g/mol. The second-order valence-electron chi connectivity index (χ2n) is 5.89. The van der Waals surface area contributed by atoms with Gasteiger partial charge in [-0.3, -0.25) is 4.79 Å². The fraction of sp³-hybridized carbons (Fsp3) is 0.500. The summed E-state index contributed by atoms with van der Waals surface area (Å²) in [7, 11) is 0. The maximum absolute atomic E-state index is 12.0. The molecule has 3 rings (SSSR count). The first-order valence-corrected chi connectivity index (χ1v) is 8.33. The van der Waals surface area contributed by atoms with Crippen LogP contribution < -0.4 is 10.6 Å². The molecule has 0 saturated carbocycles. The van der Waals surface area contributed by atoms with Crippen LogP contribution in [-0.2, 0) is 11.2 Å². The molecule has 8 nitrogen and oxygen atoms in total. The Morgan fingerprint density at radius 1 is 1.20 bits per heavy atom. The van der Waals surface area contributed by atoms with E-state index in [0.717, 1.165) is 56.9 Å². The van der Waals surface area contributed by atoms with Gasteiger partial charge < -0.3 is 15.5 Å². The van der Waals surface area contributed by atoms with E-state index in [0.29, 0.717) is 6.42 Å². The van der Waals surface area contributed by atoms with Gasteiger partial charge in [0.1, 0.15) is 6.33 Å². The Morgan fingerprint density at radius 3 is 2.64 bits per heavy atom. The first-order valence-electron chi connectivity index (χ1n) is 8.33. The number of piperazine rings is 1. The lowest BCUT2D eigenvalue weighted by Gasteiger charge is -2.27. The Morgan fingerprint density at radius 2 is 1.96 bits per heavy atom. The molecule has 1 fully saturated rings. The molecule has 1 aromatic heterocycles. The molecule has 1 aliphatic rings. The Kier molecular flexibility index (Phi) is 7.77. The number of aromatic nitrogens is 4. The molecule has 136 valence electrons. The number of tetrazole rings is 1. The molecule has 9 heteroatoms. The normalized spacial score (nSPS) is 14.7. The standard InChI is InChI=1S/C16H23N7O.ClH/c24-16(18-6-1-9-22-10-7-17-8-11-22)12-14-2-4-15(5-3-14)23-13-19-20-21-23;/h2-5,13,17H,1,6-12H2,(H,18,24);1H. The summed E-state index contributed by atoms with van der Waals surface area (Å²) in [6, 6.07) is 7.67. The second kappa shape index (κ2) is 10.1. The van der Waals surface area contributed by atoms with Crippen molar-refractivity contribution in [2.45, 2.75) is 12.8 Å². The Hall–Kier alpha value is -2.03. The predicted octanol–water partition coefficient (Wildman–Crippen LogP) is 0.0381. The summed E-state index contributed by atoms with van der Waals surface area (Å²) in [5.41, 5.74) is 1.85. The molecule has 0 radical (unpaired) electrons. The van der Waals surface area contributed by atoms with Gasteiger partial charge in [0.25, 0.3) is 0 Å². The molecule has 1 amide bonds. The van der Waals surface area contributed by atoms with Crippen molar-refractivity contribution < 1.29 is 4.79 Å². The molecule has 1 aliphatic heterocycles. The highest BCUT2D eigenvalue weighted by Crippen LogP contribution is 2.08. The molecule has 2 heterocycles. The number of amides is 1. The van der Waals surface area contributed by atoms with Gasteiger partial charge >= 0.3 is 0 Å². The van der Waals surface area contributed by atoms with Gasteiger partial charge in [0.05, 0.1) is 12.1 Å². The highest BCUT2D eigenvalue weighted by molar-refractivity contribution is 5.85. The largest absolute Gasteiger partial charge is 0.356 e. The molecule has 0 unspecified atom stereocenters. The monoisotopic (exact) mass is 365 g/mol. The molecule has 25 heavy (non-hydrogen) atoms. The third kappa shape index (κ3) is 6.08. The zero-order valence-corrected chi connectivity index (χ0v) is 14.9. The number of nitrogens with one attached hydrogen (secondary N) is 2. The van der Waals surface area contributed by atoms with Gasteiger partial charge in [0.15, 0.2) is 0 Å². The van der Waals surface area contributed by atoms with Crippen LogP contribution in [0.5, 0.6) is 0 Å². The van der Waals surface area contributed by atoms with Crippen molar-refractivity contribution >= 4 is 18.3 Å². The highest BCUT2D eigenvalue weighted by atomic mass is 35.5. The van der Waals surface area contributed by atoms with E-state index in [1.807, 2.05) is 24.3 Å². The van der Waals surface area contributed by atoms with Gasteiger partial charge in [-0.05, 0) is 41.1 Å². The van der Waals surface area contributed by atoms with Gasteiger partial charge in [-0.2, -0.15) is 0 Å². The van der Waals surface area contributed by atoms with Crippen molar-refractivity contribution in [3.8, 4) is 5.69 Å². The fourth-order valence-corrected chi connectivity index (χ4v) is 2.76. The van der Waals surface area contributed by atoms with E-state index < -0.39 is 0 Å². The summed E-state index contributed by atoms with van der Waals surface area (Å²) in [5.74, 6) is 0.0606. The third-order valence-electron chi connectivity index (χ3n) is 4.10. The average molecular weight is 366 g/mol. The van der Waals surface area contributed by atoms with Crippen LogP contribution >= 0.6 is 12.4 Å². The molecule has 0 aliphatic carbocycles. The molecule has 2 N–H and O–H groups in total. The lowest BCUT2D eigenvalue weighted by atomic mass is 10.1. The van der Waals surface area contributed by atoms with E-state index in [2.05, 4.69) is 31.1 Å². The smallest absolute Gasteiger partial charge is 0.224 e. The maximum atomic E-state index is 12.0. The molecule has 0 atom stereocenters. The molecular formula is C16H24ClN7O. The zero-order valence-electron chi connectivity index (χ0n) is 14.1. The minimum atomic E-state index is 0. The lowest BCUT2D eigenvalue weighted by molar-refractivity contribution is -0.120. The number of carbonyl (C=O) groups is 1. The second-order valence-corrected chi connectivity index (χ2v) is 5.89. The lowest BCUT2D eigenvalue weighted by Crippen LogP contribution is -2.44.